The van der Waals surface area contributed by atoms with Gasteiger partial charge in [-0.05, 0) is 41.5 Å². The van der Waals surface area contributed by atoms with Crippen LogP contribution in [0.2, 0.25) is 0 Å². The maximum absolute atomic E-state index is 12.2. The van der Waals surface area contributed by atoms with Crippen molar-refractivity contribution in [2.45, 2.75) is 0 Å². The summed E-state index contributed by atoms with van der Waals surface area (Å²) in [5.74, 6) is 1.14. The molecule has 5 heteroatoms. The van der Waals surface area contributed by atoms with Crippen molar-refractivity contribution in [3.8, 4) is 22.6 Å². The van der Waals surface area contributed by atoms with Crippen molar-refractivity contribution < 1.29 is 14.3 Å². The summed E-state index contributed by atoms with van der Waals surface area (Å²) in [6.07, 6.45) is 1.62. The molecule has 5 nitrogen and oxygen atoms in total. The Kier molecular flexibility index (Phi) is 5.38. The summed E-state index contributed by atoms with van der Waals surface area (Å²) in [7, 11) is 1.62. The standard InChI is InChI=1S/C24H20N2O3/c1-28-22-12-9-19-13-20(15-25-23(19)14-22)26-24(27)16-29-21-10-7-18(8-11-21)17-5-3-2-4-6-17/h2-15H,16H2,1H3,(H,26,27). The van der Waals surface area contributed by atoms with E-state index in [2.05, 4.69) is 22.4 Å². The van der Waals surface area contributed by atoms with E-state index >= 15 is 0 Å². The molecule has 0 saturated carbocycles. The topological polar surface area (TPSA) is 60.5 Å². The fourth-order valence-corrected chi connectivity index (χ4v) is 3.02. The normalized spacial score (nSPS) is 10.5. The molecule has 0 bridgehead atoms. The van der Waals surface area contributed by atoms with E-state index in [0.717, 1.165) is 27.8 Å². The number of hydrogen-bond donors (Lipinski definition) is 1. The number of aromatic nitrogens is 1. The van der Waals surface area contributed by atoms with Crippen LogP contribution in [0.25, 0.3) is 22.0 Å². The molecular formula is C24H20N2O3. The zero-order valence-corrected chi connectivity index (χ0v) is 16.0. The van der Waals surface area contributed by atoms with Gasteiger partial charge in [-0.15, -0.1) is 0 Å². The van der Waals surface area contributed by atoms with Crippen LogP contribution in [-0.4, -0.2) is 24.6 Å². The Morgan fingerprint density at radius 2 is 1.62 bits per heavy atom. The molecule has 1 N–H and O–H groups in total. The Labute approximate surface area is 168 Å². The second-order valence-electron chi connectivity index (χ2n) is 6.51. The molecule has 1 heterocycles. The summed E-state index contributed by atoms with van der Waals surface area (Å²) in [5, 5.41) is 3.73. The largest absolute Gasteiger partial charge is 0.497 e. The summed E-state index contributed by atoms with van der Waals surface area (Å²) >= 11 is 0. The van der Waals surface area contributed by atoms with Gasteiger partial charge in [-0.2, -0.15) is 0 Å². The third-order valence-electron chi connectivity index (χ3n) is 4.51. The quantitative estimate of drug-likeness (QED) is 0.512. The van der Waals surface area contributed by atoms with E-state index in [1.165, 1.54) is 0 Å². The molecule has 0 unspecified atom stereocenters. The predicted molar refractivity (Wildman–Crippen MR) is 114 cm³/mol. The second-order valence-corrected chi connectivity index (χ2v) is 6.51. The number of fused-ring (bicyclic) bond motifs is 1. The maximum atomic E-state index is 12.2. The molecule has 0 radical (unpaired) electrons. The van der Waals surface area contributed by atoms with Gasteiger partial charge in [-0.25, -0.2) is 0 Å². The molecule has 0 aliphatic carbocycles. The highest BCUT2D eigenvalue weighted by molar-refractivity contribution is 5.94. The molecule has 0 fully saturated rings. The van der Waals surface area contributed by atoms with Crippen molar-refractivity contribution in [3.05, 3.63) is 85.1 Å². The summed E-state index contributed by atoms with van der Waals surface area (Å²) in [6.45, 7) is -0.0780. The number of anilines is 1. The molecular weight excluding hydrogens is 364 g/mol. The lowest BCUT2D eigenvalue weighted by atomic mass is 10.1. The predicted octanol–water partition coefficient (Wildman–Crippen LogP) is 4.93. The van der Waals surface area contributed by atoms with Crippen LogP contribution in [0.4, 0.5) is 5.69 Å². The number of methoxy groups -OCH3 is 1. The van der Waals surface area contributed by atoms with Gasteiger partial charge in [0, 0.05) is 11.5 Å². The van der Waals surface area contributed by atoms with E-state index in [9.17, 15) is 4.79 Å². The van der Waals surface area contributed by atoms with Crippen molar-refractivity contribution in [1.29, 1.82) is 0 Å². The lowest BCUT2D eigenvalue weighted by Crippen LogP contribution is -2.20. The molecule has 1 amide bonds. The molecule has 0 aliphatic rings. The summed E-state index contributed by atoms with van der Waals surface area (Å²) in [5.41, 5.74) is 3.66. The minimum atomic E-state index is -0.244. The van der Waals surface area contributed by atoms with Crippen molar-refractivity contribution in [1.82, 2.24) is 4.98 Å². The number of nitrogens with one attached hydrogen (secondary N) is 1. The van der Waals surface area contributed by atoms with Crippen LogP contribution in [-0.2, 0) is 4.79 Å². The third-order valence-corrected chi connectivity index (χ3v) is 4.51. The fourth-order valence-electron chi connectivity index (χ4n) is 3.02. The first-order valence-corrected chi connectivity index (χ1v) is 9.23. The molecule has 4 aromatic rings. The highest BCUT2D eigenvalue weighted by Gasteiger charge is 2.06. The van der Waals surface area contributed by atoms with Crippen molar-refractivity contribution >= 4 is 22.5 Å². The Bertz CT molecular complexity index is 1130. The second kappa shape index (κ2) is 8.44. The monoisotopic (exact) mass is 384 g/mol. The first-order chi connectivity index (χ1) is 14.2. The van der Waals surface area contributed by atoms with Crippen LogP contribution >= 0.6 is 0 Å². The van der Waals surface area contributed by atoms with E-state index in [1.54, 1.807) is 13.3 Å². The van der Waals surface area contributed by atoms with Gasteiger partial charge >= 0.3 is 0 Å². The smallest absolute Gasteiger partial charge is 0.262 e. The van der Waals surface area contributed by atoms with Crippen LogP contribution in [0, 0.1) is 0 Å². The number of hydrogen-bond acceptors (Lipinski definition) is 4. The molecule has 0 aliphatic heterocycles. The average molecular weight is 384 g/mol. The first kappa shape index (κ1) is 18.5. The van der Waals surface area contributed by atoms with Crippen LogP contribution in [0.5, 0.6) is 11.5 Å². The van der Waals surface area contributed by atoms with E-state index < -0.39 is 0 Å². The van der Waals surface area contributed by atoms with E-state index in [4.69, 9.17) is 9.47 Å². The Balaban J connectivity index is 1.35. The highest BCUT2D eigenvalue weighted by Crippen LogP contribution is 2.23. The average Bonchev–Trinajstić information content (AvgIpc) is 2.78. The number of rotatable bonds is 6. The fraction of sp³-hybridized carbons (Fsp3) is 0.0833. The number of amides is 1. The van der Waals surface area contributed by atoms with Crippen LogP contribution in [0.15, 0.2) is 85.1 Å². The van der Waals surface area contributed by atoms with Gasteiger partial charge in [0.1, 0.15) is 11.5 Å². The Hall–Kier alpha value is -3.86. The Morgan fingerprint density at radius 3 is 2.38 bits per heavy atom. The van der Waals surface area contributed by atoms with Gasteiger partial charge in [0.05, 0.1) is 24.5 Å². The SMILES string of the molecule is COc1ccc2cc(NC(=O)COc3ccc(-c4ccccc4)cc3)cnc2c1. The number of nitrogens with zero attached hydrogens (tertiary/aromatic N) is 1. The van der Waals surface area contributed by atoms with Gasteiger partial charge in [0.2, 0.25) is 0 Å². The minimum Gasteiger partial charge on any atom is -0.497 e. The number of pyridine rings is 1. The lowest BCUT2D eigenvalue weighted by molar-refractivity contribution is -0.118. The number of carbonyl (C=O) groups excluding carboxylic acids is 1. The summed E-state index contributed by atoms with van der Waals surface area (Å²) < 4.78 is 10.8. The zero-order chi connectivity index (χ0) is 20.1. The maximum Gasteiger partial charge on any atom is 0.262 e. The Morgan fingerprint density at radius 1 is 0.897 bits per heavy atom. The number of benzene rings is 3. The van der Waals surface area contributed by atoms with Crippen molar-refractivity contribution in [2.75, 3.05) is 19.0 Å². The highest BCUT2D eigenvalue weighted by atomic mass is 16.5. The minimum absolute atomic E-state index is 0.0780. The van der Waals surface area contributed by atoms with Gasteiger partial charge in [0.15, 0.2) is 6.61 Å². The summed E-state index contributed by atoms with van der Waals surface area (Å²) in [4.78, 5) is 16.6. The molecule has 4 rings (SSSR count). The summed E-state index contributed by atoms with van der Waals surface area (Å²) in [6, 6.07) is 25.3. The zero-order valence-electron chi connectivity index (χ0n) is 16.0. The van der Waals surface area contributed by atoms with Crippen LogP contribution in [0.1, 0.15) is 0 Å². The van der Waals surface area contributed by atoms with Crippen molar-refractivity contribution in [3.63, 3.8) is 0 Å². The van der Waals surface area contributed by atoms with E-state index in [-0.39, 0.29) is 12.5 Å². The lowest BCUT2D eigenvalue weighted by Gasteiger charge is -2.09. The molecule has 0 atom stereocenters. The molecule has 29 heavy (non-hydrogen) atoms. The molecule has 3 aromatic carbocycles. The third kappa shape index (κ3) is 4.52. The molecule has 1 aromatic heterocycles. The molecule has 0 saturated heterocycles. The van der Waals surface area contributed by atoms with Gasteiger partial charge in [0.25, 0.3) is 5.91 Å². The van der Waals surface area contributed by atoms with Gasteiger partial charge < -0.3 is 14.8 Å². The van der Waals surface area contributed by atoms with Crippen LogP contribution in [0.3, 0.4) is 0 Å². The van der Waals surface area contributed by atoms with Gasteiger partial charge in [-0.1, -0.05) is 42.5 Å². The molecule has 144 valence electrons. The van der Waals surface area contributed by atoms with Crippen LogP contribution < -0.4 is 14.8 Å². The first-order valence-electron chi connectivity index (χ1n) is 9.23. The number of ether oxygens (including phenoxy) is 2. The van der Waals surface area contributed by atoms with Gasteiger partial charge in [-0.3, -0.25) is 9.78 Å². The van der Waals surface area contributed by atoms with Crippen molar-refractivity contribution in [2.24, 2.45) is 0 Å². The molecule has 0 spiro atoms. The van der Waals surface area contributed by atoms with E-state index in [0.29, 0.717) is 11.4 Å². The van der Waals surface area contributed by atoms with E-state index in [1.807, 2.05) is 66.7 Å². The number of carbonyl (C=O) groups is 1.